The van der Waals surface area contributed by atoms with E-state index in [-0.39, 0.29) is 0 Å². The highest BCUT2D eigenvalue weighted by Crippen LogP contribution is 2.20. The van der Waals surface area contributed by atoms with Gasteiger partial charge in [0.05, 0.1) is 6.07 Å². The third-order valence-corrected chi connectivity index (χ3v) is 1.94. The van der Waals surface area contributed by atoms with Gasteiger partial charge in [-0.2, -0.15) is 5.26 Å². The van der Waals surface area contributed by atoms with Crippen LogP contribution in [0.4, 0.5) is 0 Å². The van der Waals surface area contributed by atoms with E-state index in [1.165, 1.54) is 0 Å². The molecule has 0 N–H and O–H groups in total. The molecular formula is C10H13N. The SMILES string of the molecule is CC1C=CC(C#N)=CC(C)C1. The molecule has 0 aromatic heterocycles. The first-order valence-corrected chi connectivity index (χ1v) is 4.02. The Balaban J connectivity index is 2.79. The van der Waals surface area contributed by atoms with Crippen LogP contribution in [0.15, 0.2) is 23.8 Å². The Labute approximate surface area is 68.0 Å². The minimum absolute atomic E-state index is 0.537. The Morgan fingerprint density at radius 2 is 2.18 bits per heavy atom. The van der Waals surface area contributed by atoms with Crippen molar-refractivity contribution >= 4 is 0 Å². The van der Waals surface area contributed by atoms with Crippen molar-refractivity contribution in [3.8, 4) is 6.07 Å². The van der Waals surface area contributed by atoms with Gasteiger partial charge in [-0.25, -0.2) is 0 Å². The van der Waals surface area contributed by atoms with Crippen LogP contribution in [0.2, 0.25) is 0 Å². The van der Waals surface area contributed by atoms with E-state index in [0.717, 1.165) is 12.0 Å². The Kier molecular flexibility index (Phi) is 2.48. The maximum absolute atomic E-state index is 8.65. The van der Waals surface area contributed by atoms with E-state index in [4.69, 9.17) is 5.26 Å². The second kappa shape index (κ2) is 3.39. The van der Waals surface area contributed by atoms with Crippen molar-refractivity contribution in [2.24, 2.45) is 11.8 Å². The second-order valence-electron chi connectivity index (χ2n) is 3.28. The Morgan fingerprint density at radius 3 is 2.82 bits per heavy atom. The molecule has 1 heteroatoms. The van der Waals surface area contributed by atoms with Crippen molar-refractivity contribution in [1.29, 1.82) is 5.26 Å². The van der Waals surface area contributed by atoms with E-state index in [9.17, 15) is 0 Å². The number of allylic oxidation sites excluding steroid dienone is 4. The van der Waals surface area contributed by atoms with Crippen molar-refractivity contribution in [1.82, 2.24) is 0 Å². The normalized spacial score (nSPS) is 30.5. The Bertz CT molecular complexity index is 230. The molecule has 0 amide bonds. The van der Waals surface area contributed by atoms with Gasteiger partial charge in [-0.1, -0.05) is 26.0 Å². The fraction of sp³-hybridized carbons (Fsp3) is 0.500. The number of nitrogens with zero attached hydrogens (tertiary/aromatic N) is 1. The molecule has 0 saturated heterocycles. The highest BCUT2D eigenvalue weighted by molar-refractivity contribution is 5.34. The van der Waals surface area contributed by atoms with Crippen LogP contribution in [0.1, 0.15) is 20.3 Å². The first-order valence-electron chi connectivity index (χ1n) is 4.02. The summed E-state index contributed by atoms with van der Waals surface area (Å²) >= 11 is 0. The summed E-state index contributed by atoms with van der Waals surface area (Å²) in [6.45, 7) is 4.34. The van der Waals surface area contributed by atoms with Crippen molar-refractivity contribution in [3.63, 3.8) is 0 Å². The van der Waals surface area contributed by atoms with E-state index < -0.39 is 0 Å². The van der Waals surface area contributed by atoms with Crippen LogP contribution in [-0.4, -0.2) is 0 Å². The van der Waals surface area contributed by atoms with Crippen LogP contribution in [0.5, 0.6) is 0 Å². The monoisotopic (exact) mass is 147 g/mol. The van der Waals surface area contributed by atoms with Gasteiger partial charge in [-0.3, -0.25) is 0 Å². The van der Waals surface area contributed by atoms with Gasteiger partial charge in [0.15, 0.2) is 0 Å². The van der Waals surface area contributed by atoms with Gasteiger partial charge in [0, 0.05) is 5.57 Å². The molecule has 58 valence electrons. The molecule has 0 saturated carbocycles. The van der Waals surface area contributed by atoms with E-state index >= 15 is 0 Å². The molecule has 11 heavy (non-hydrogen) atoms. The van der Waals surface area contributed by atoms with Crippen LogP contribution in [0, 0.1) is 23.2 Å². The molecule has 0 radical (unpaired) electrons. The van der Waals surface area contributed by atoms with E-state index in [2.05, 4.69) is 26.0 Å². The minimum atomic E-state index is 0.537. The maximum Gasteiger partial charge on any atom is 0.0988 e. The summed E-state index contributed by atoms with van der Waals surface area (Å²) in [6.07, 6.45) is 7.23. The van der Waals surface area contributed by atoms with Gasteiger partial charge in [0.2, 0.25) is 0 Å². The molecule has 0 aromatic rings. The average molecular weight is 147 g/mol. The quantitative estimate of drug-likeness (QED) is 0.516. The molecule has 0 aliphatic heterocycles. The second-order valence-corrected chi connectivity index (χ2v) is 3.28. The lowest BCUT2D eigenvalue weighted by Crippen LogP contribution is -1.95. The van der Waals surface area contributed by atoms with Gasteiger partial charge in [-0.15, -0.1) is 0 Å². The highest BCUT2D eigenvalue weighted by atomic mass is 14.2. The lowest BCUT2D eigenvalue weighted by Gasteiger charge is -2.06. The van der Waals surface area contributed by atoms with E-state index in [1.54, 1.807) is 0 Å². The van der Waals surface area contributed by atoms with Gasteiger partial charge < -0.3 is 0 Å². The van der Waals surface area contributed by atoms with Crippen LogP contribution in [0.25, 0.3) is 0 Å². The lowest BCUT2D eigenvalue weighted by molar-refractivity contribution is 0.548. The van der Waals surface area contributed by atoms with Crippen molar-refractivity contribution in [2.45, 2.75) is 20.3 Å². The summed E-state index contributed by atoms with van der Waals surface area (Å²) in [7, 11) is 0. The Hall–Kier alpha value is -1.03. The van der Waals surface area contributed by atoms with E-state index in [0.29, 0.717) is 11.8 Å². The predicted molar refractivity (Wildman–Crippen MR) is 45.8 cm³/mol. The molecule has 2 unspecified atom stereocenters. The molecule has 0 bridgehead atoms. The van der Waals surface area contributed by atoms with Gasteiger partial charge in [-0.05, 0) is 24.3 Å². The summed E-state index contributed by atoms with van der Waals surface area (Å²) < 4.78 is 0. The minimum Gasteiger partial charge on any atom is -0.192 e. The zero-order valence-electron chi connectivity index (χ0n) is 7.04. The van der Waals surface area contributed by atoms with Crippen molar-refractivity contribution in [2.75, 3.05) is 0 Å². The fourth-order valence-corrected chi connectivity index (χ4v) is 1.44. The number of rotatable bonds is 0. The zero-order valence-corrected chi connectivity index (χ0v) is 7.04. The molecule has 0 spiro atoms. The summed E-state index contributed by atoms with van der Waals surface area (Å²) in [5.41, 5.74) is 0.807. The molecule has 0 heterocycles. The van der Waals surface area contributed by atoms with E-state index in [1.807, 2.05) is 12.2 Å². The first kappa shape index (κ1) is 8.07. The predicted octanol–water partition coefficient (Wildman–Crippen LogP) is 2.67. The molecule has 1 aliphatic carbocycles. The maximum atomic E-state index is 8.65. The fourth-order valence-electron chi connectivity index (χ4n) is 1.44. The largest absolute Gasteiger partial charge is 0.192 e. The molecule has 1 aliphatic rings. The molecule has 0 fully saturated rings. The van der Waals surface area contributed by atoms with Crippen LogP contribution in [0.3, 0.4) is 0 Å². The number of hydrogen-bond donors (Lipinski definition) is 0. The summed E-state index contributed by atoms with van der Waals surface area (Å²) in [5, 5.41) is 8.65. The number of hydrogen-bond acceptors (Lipinski definition) is 1. The lowest BCUT2D eigenvalue weighted by atomic mass is 9.99. The zero-order chi connectivity index (χ0) is 8.27. The van der Waals surface area contributed by atoms with Crippen molar-refractivity contribution in [3.05, 3.63) is 23.8 Å². The molecule has 1 rings (SSSR count). The van der Waals surface area contributed by atoms with Gasteiger partial charge in [0.25, 0.3) is 0 Å². The standard InChI is InChI=1S/C10H13N/c1-8-3-4-10(7-11)6-9(2)5-8/h3-4,6,8-9H,5H2,1-2H3. The molecule has 1 nitrogen and oxygen atoms in total. The third-order valence-electron chi connectivity index (χ3n) is 1.94. The topological polar surface area (TPSA) is 23.8 Å². The smallest absolute Gasteiger partial charge is 0.0988 e. The molecular weight excluding hydrogens is 134 g/mol. The number of nitriles is 1. The molecule has 2 atom stereocenters. The van der Waals surface area contributed by atoms with Gasteiger partial charge >= 0.3 is 0 Å². The summed E-state index contributed by atoms with van der Waals surface area (Å²) in [6, 6.07) is 2.17. The van der Waals surface area contributed by atoms with Gasteiger partial charge in [0.1, 0.15) is 0 Å². The first-order chi connectivity index (χ1) is 5.22. The van der Waals surface area contributed by atoms with Crippen molar-refractivity contribution < 1.29 is 0 Å². The average Bonchev–Trinajstić information content (AvgIpc) is 2.11. The van der Waals surface area contributed by atoms with Crippen LogP contribution in [-0.2, 0) is 0 Å². The Morgan fingerprint density at radius 1 is 1.45 bits per heavy atom. The summed E-state index contributed by atoms with van der Waals surface area (Å²) in [4.78, 5) is 0. The highest BCUT2D eigenvalue weighted by Gasteiger charge is 2.08. The van der Waals surface area contributed by atoms with Crippen LogP contribution < -0.4 is 0 Å². The third kappa shape index (κ3) is 2.23. The molecule has 0 aromatic carbocycles. The van der Waals surface area contributed by atoms with Crippen LogP contribution >= 0.6 is 0 Å². The summed E-state index contributed by atoms with van der Waals surface area (Å²) in [5.74, 6) is 1.14.